The zero-order chi connectivity index (χ0) is 25.2. The average Bonchev–Trinajstić information content (AvgIpc) is 3.42. The van der Waals surface area contributed by atoms with E-state index in [1.165, 1.54) is 0 Å². The molecule has 0 spiro atoms. The first-order chi connectivity index (χ1) is 17.5. The molecule has 2 heterocycles. The molecule has 2 N–H and O–H groups in total. The summed E-state index contributed by atoms with van der Waals surface area (Å²) < 4.78 is 7.09. The number of carbonyl (C=O) groups is 3. The molecule has 1 aliphatic heterocycles. The second-order valence-corrected chi connectivity index (χ2v) is 8.66. The molecular weight excluding hydrogens is 458 g/mol. The highest BCUT2D eigenvalue weighted by atomic mass is 16.5. The molecule has 0 unspecified atom stereocenters. The minimum absolute atomic E-state index is 0.132. The molecule has 0 fully saturated rings. The number of benzene rings is 3. The molecular formula is C27H25N5O4. The Hall–Kier alpha value is -4.66. The van der Waals surface area contributed by atoms with Crippen LogP contribution in [0.1, 0.15) is 27.5 Å². The van der Waals surface area contributed by atoms with Crippen LogP contribution >= 0.6 is 0 Å². The molecule has 1 aliphatic rings. The highest BCUT2D eigenvalue weighted by Crippen LogP contribution is 2.30. The molecule has 9 heteroatoms. The molecule has 182 valence electrons. The third-order valence-electron chi connectivity index (χ3n) is 6.49. The van der Waals surface area contributed by atoms with Crippen LogP contribution in [-0.4, -0.2) is 46.7 Å². The number of amides is 4. The Labute approximate surface area is 207 Å². The third kappa shape index (κ3) is 4.38. The fraction of sp³-hybridized carbons (Fsp3) is 0.185. The lowest BCUT2D eigenvalue weighted by Gasteiger charge is -2.25. The number of aromatic nitrogens is 2. The number of imide groups is 1. The first kappa shape index (κ1) is 23.1. The average molecular weight is 484 g/mol. The number of hydrogen-bond donors (Lipinski definition) is 2. The SMILES string of the molecule is COc1ccc2c(c1)C(=O)N(C[C@H](NC(=O)NC=O)c1ccc(-c3ccc4cnn(C)c4c3)cc1)C2. The van der Waals surface area contributed by atoms with Crippen molar-refractivity contribution in [1.82, 2.24) is 25.3 Å². The smallest absolute Gasteiger partial charge is 0.321 e. The number of fused-ring (bicyclic) bond motifs is 2. The van der Waals surface area contributed by atoms with E-state index in [0.29, 0.717) is 24.3 Å². The van der Waals surface area contributed by atoms with Crippen molar-refractivity contribution in [3.8, 4) is 16.9 Å². The summed E-state index contributed by atoms with van der Waals surface area (Å²) in [5.74, 6) is 0.483. The number of aryl methyl sites for hydroxylation is 1. The Kier molecular flexibility index (Phi) is 6.12. The Morgan fingerprint density at radius 1 is 1.11 bits per heavy atom. The van der Waals surface area contributed by atoms with Gasteiger partial charge in [0.1, 0.15) is 5.75 Å². The van der Waals surface area contributed by atoms with Crippen LogP contribution in [0.3, 0.4) is 0 Å². The predicted molar refractivity (Wildman–Crippen MR) is 134 cm³/mol. The van der Waals surface area contributed by atoms with E-state index in [-0.39, 0.29) is 12.5 Å². The van der Waals surface area contributed by atoms with Crippen molar-refractivity contribution in [2.75, 3.05) is 13.7 Å². The van der Waals surface area contributed by atoms with E-state index in [9.17, 15) is 14.4 Å². The van der Waals surface area contributed by atoms with Crippen molar-refractivity contribution in [1.29, 1.82) is 0 Å². The van der Waals surface area contributed by atoms with E-state index >= 15 is 0 Å². The van der Waals surface area contributed by atoms with Gasteiger partial charge in [0, 0.05) is 31.1 Å². The maximum absolute atomic E-state index is 13.1. The summed E-state index contributed by atoms with van der Waals surface area (Å²) in [6.07, 6.45) is 2.16. The number of methoxy groups -OCH3 is 1. The Morgan fingerprint density at radius 2 is 1.89 bits per heavy atom. The summed E-state index contributed by atoms with van der Waals surface area (Å²) in [5.41, 5.74) is 5.38. The standard InChI is InChI=1S/C27H25N5O4/c1-31-25-11-19(7-8-20(25)13-29-31)17-3-5-18(6-4-17)24(30-27(35)28-16-33)15-32-14-21-9-10-22(36-2)12-23(21)26(32)34/h3-13,16,24H,14-15H2,1-2H3,(H2,28,30,33,35)/t24-/m0/s1. The molecule has 1 atom stereocenters. The third-order valence-corrected chi connectivity index (χ3v) is 6.49. The highest BCUT2D eigenvalue weighted by molar-refractivity contribution is 5.98. The van der Waals surface area contributed by atoms with Gasteiger partial charge in [-0.05, 0) is 40.5 Å². The predicted octanol–water partition coefficient (Wildman–Crippen LogP) is 3.40. The van der Waals surface area contributed by atoms with E-state index in [2.05, 4.69) is 21.8 Å². The Morgan fingerprint density at radius 3 is 2.64 bits per heavy atom. The van der Waals surface area contributed by atoms with Gasteiger partial charge in [0.15, 0.2) is 0 Å². The number of carbonyl (C=O) groups excluding carboxylic acids is 3. The summed E-state index contributed by atoms with van der Waals surface area (Å²) in [5, 5.41) is 10.3. The molecule has 5 rings (SSSR count). The van der Waals surface area contributed by atoms with Crippen molar-refractivity contribution < 1.29 is 19.1 Å². The van der Waals surface area contributed by atoms with Gasteiger partial charge in [0.2, 0.25) is 6.41 Å². The normalized spacial score (nSPS) is 13.4. The van der Waals surface area contributed by atoms with Gasteiger partial charge in [-0.3, -0.25) is 19.6 Å². The molecule has 1 aromatic heterocycles. The molecule has 0 radical (unpaired) electrons. The quantitative estimate of drug-likeness (QED) is 0.392. The molecule has 0 aliphatic carbocycles. The van der Waals surface area contributed by atoms with Crippen LogP contribution in [0.4, 0.5) is 4.79 Å². The van der Waals surface area contributed by atoms with E-state index in [1.807, 2.05) is 66.5 Å². The van der Waals surface area contributed by atoms with Crippen LogP contribution < -0.4 is 15.4 Å². The van der Waals surface area contributed by atoms with E-state index < -0.39 is 12.1 Å². The lowest BCUT2D eigenvalue weighted by Crippen LogP contribution is -2.42. The van der Waals surface area contributed by atoms with Crippen LogP contribution in [0.15, 0.2) is 66.9 Å². The summed E-state index contributed by atoms with van der Waals surface area (Å²) >= 11 is 0. The van der Waals surface area contributed by atoms with E-state index in [0.717, 1.165) is 33.2 Å². The van der Waals surface area contributed by atoms with Crippen LogP contribution in [0.5, 0.6) is 5.75 Å². The van der Waals surface area contributed by atoms with E-state index in [4.69, 9.17) is 4.74 Å². The van der Waals surface area contributed by atoms with Gasteiger partial charge >= 0.3 is 6.03 Å². The van der Waals surface area contributed by atoms with Gasteiger partial charge in [-0.1, -0.05) is 42.5 Å². The number of rotatable bonds is 7. The van der Waals surface area contributed by atoms with Gasteiger partial charge in [0.05, 0.1) is 24.9 Å². The number of urea groups is 1. The molecule has 36 heavy (non-hydrogen) atoms. The van der Waals surface area contributed by atoms with Crippen LogP contribution in [-0.2, 0) is 18.4 Å². The second-order valence-electron chi connectivity index (χ2n) is 8.66. The van der Waals surface area contributed by atoms with Crippen molar-refractivity contribution in [3.05, 3.63) is 83.6 Å². The highest BCUT2D eigenvalue weighted by Gasteiger charge is 2.30. The van der Waals surface area contributed by atoms with Crippen LogP contribution in [0, 0.1) is 0 Å². The van der Waals surface area contributed by atoms with Crippen LogP contribution in [0.2, 0.25) is 0 Å². The molecule has 0 saturated carbocycles. The Bertz CT molecular complexity index is 1460. The fourth-order valence-electron chi connectivity index (χ4n) is 4.55. The van der Waals surface area contributed by atoms with Crippen LogP contribution in [0.25, 0.3) is 22.0 Å². The molecule has 0 saturated heterocycles. The topological polar surface area (TPSA) is 106 Å². The first-order valence-electron chi connectivity index (χ1n) is 11.5. The lowest BCUT2D eigenvalue weighted by molar-refractivity contribution is -0.108. The fourth-order valence-corrected chi connectivity index (χ4v) is 4.55. The molecule has 0 bridgehead atoms. The maximum atomic E-state index is 13.1. The van der Waals surface area contributed by atoms with E-state index in [1.54, 1.807) is 18.1 Å². The number of nitrogens with one attached hydrogen (secondary N) is 2. The van der Waals surface area contributed by atoms with Gasteiger partial charge in [-0.25, -0.2) is 4.79 Å². The van der Waals surface area contributed by atoms with Gasteiger partial charge in [0.25, 0.3) is 5.91 Å². The zero-order valence-corrected chi connectivity index (χ0v) is 19.9. The zero-order valence-electron chi connectivity index (χ0n) is 19.9. The number of nitrogens with zero attached hydrogens (tertiary/aromatic N) is 3. The summed E-state index contributed by atoms with van der Waals surface area (Å²) in [6, 6.07) is 18.2. The van der Waals surface area contributed by atoms with Crippen molar-refractivity contribution >= 4 is 29.3 Å². The van der Waals surface area contributed by atoms with Gasteiger partial charge in [-0.2, -0.15) is 5.10 Å². The minimum Gasteiger partial charge on any atom is -0.497 e. The molecule has 3 aromatic carbocycles. The first-order valence-corrected chi connectivity index (χ1v) is 11.5. The monoisotopic (exact) mass is 483 g/mol. The summed E-state index contributed by atoms with van der Waals surface area (Å²) in [4.78, 5) is 37.8. The van der Waals surface area contributed by atoms with Crippen molar-refractivity contribution in [2.24, 2.45) is 7.05 Å². The molecule has 4 amide bonds. The van der Waals surface area contributed by atoms with Crippen molar-refractivity contribution in [2.45, 2.75) is 12.6 Å². The molecule has 9 nitrogen and oxygen atoms in total. The summed E-state index contributed by atoms with van der Waals surface area (Å²) in [6.45, 7) is 0.664. The number of hydrogen-bond acceptors (Lipinski definition) is 5. The second kappa shape index (κ2) is 9.53. The summed E-state index contributed by atoms with van der Waals surface area (Å²) in [7, 11) is 3.47. The largest absolute Gasteiger partial charge is 0.497 e. The lowest BCUT2D eigenvalue weighted by atomic mass is 9.99. The van der Waals surface area contributed by atoms with Gasteiger partial charge < -0.3 is 15.0 Å². The number of ether oxygens (including phenoxy) is 1. The Balaban J connectivity index is 1.40. The molecule has 4 aromatic rings. The van der Waals surface area contributed by atoms with Crippen molar-refractivity contribution in [3.63, 3.8) is 0 Å². The maximum Gasteiger partial charge on any atom is 0.321 e. The van der Waals surface area contributed by atoms with Gasteiger partial charge in [-0.15, -0.1) is 0 Å². The minimum atomic E-state index is -0.633.